The van der Waals surface area contributed by atoms with E-state index in [1.807, 2.05) is 0 Å². The molecule has 14 heavy (non-hydrogen) atoms. The van der Waals surface area contributed by atoms with Crippen LogP contribution in [-0.4, -0.2) is 33.6 Å². The largest absolute Gasteiger partial charge is 0.235 e. The van der Waals surface area contributed by atoms with Gasteiger partial charge in [0.2, 0.25) is 9.05 Å². The molecule has 1 heterocycles. The summed E-state index contributed by atoms with van der Waals surface area (Å²) in [6.07, 6.45) is 0.797. The zero-order valence-electron chi connectivity index (χ0n) is 7.81. The van der Waals surface area contributed by atoms with E-state index in [1.165, 1.54) is 6.92 Å². The molecule has 0 bridgehead atoms. The third kappa shape index (κ3) is 3.10. The molecule has 0 radical (unpaired) electrons. The average Bonchev–Trinajstić information content (AvgIpc) is 2.01. The van der Waals surface area contributed by atoms with Gasteiger partial charge in [0.1, 0.15) is 9.84 Å². The highest BCUT2D eigenvalue weighted by atomic mass is 35.7. The molecule has 4 nitrogen and oxygen atoms in total. The topological polar surface area (TPSA) is 68.3 Å². The minimum absolute atomic E-state index is 0.0778. The quantitative estimate of drug-likeness (QED) is 0.688. The van der Waals surface area contributed by atoms with E-state index >= 15 is 0 Å². The number of sulfone groups is 1. The molecular weight excluding hydrogens is 248 g/mol. The van der Waals surface area contributed by atoms with E-state index in [0.29, 0.717) is 12.8 Å². The molecule has 7 heteroatoms. The predicted molar refractivity (Wildman–Crippen MR) is 55.6 cm³/mol. The smallest absolute Gasteiger partial charge is 0.229 e. The molecule has 84 valence electrons. The Bertz CT molecular complexity index is 383. The molecule has 1 unspecified atom stereocenters. The fraction of sp³-hybridized carbons (Fsp3) is 1.00. The summed E-state index contributed by atoms with van der Waals surface area (Å²) in [6.45, 7) is 1.53. The maximum Gasteiger partial charge on any atom is 0.235 e. The third-order valence-corrected chi connectivity index (χ3v) is 6.54. The van der Waals surface area contributed by atoms with Gasteiger partial charge < -0.3 is 0 Å². The summed E-state index contributed by atoms with van der Waals surface area (Å²) in [6, 6.07) is 0. The molecule has 1 fully saturated rings. The van der Waals surface area contributed by atoms with Crippen LogP contribution < -0.4 is 0 Å². The Balaban J connectivity index is 2.68. The first kappa shape index (κ1) is 12.3. The van der Waals surface area contributed by atoms with Crippen molar-refractivity contribution in [2.24, 2.45) is 5.92 Å². The van der Waals surface area contributed by atoms with E-state index in [1.54, 1.807) is 0 Å². The Labute approximate surface area is 89.0 Å². The van der Waals surface area contributed by atoms with Crippen LogP contribution in [-0.2, 0) is 18.9 Å². The number of rotatable bonds is 2. The highest BCUT2D eigenvalue weighted by Gasteiger charge is 2.32. The Hall–Kier alpha value is 0.190. The highest BCUT2D eigenvalue weighted by Crippen LogP contribution is 2.27. The zero-order valence-corrected chi connectivity index (χ0v) is 10.2. The Morgan fingerprint density at radius 2 is 1.71 bits per heavy atom. The second-order valence-corrected chi connectivity index (χ2v) is 8.96. The van der Waals surface area contributed by atoms with Crippen LogP contribution in [0.4, 0.5) is 0 Å². The van der Waals surface area contributed by atoms with Gasteiger partial charge >= 0.3 is 0 Å². The Kier molecular flexibility index (Phi) is 3.49. The van der Waals surface area contributed by atoms with Crippen molar-refractivity contribution in [2.75, 3.05) is 11.5 Å². The van der Waals surface area contributed by atoms with E-state index in [9.17, 15) is 16.8 Å². The molecule has 0 aromatic carbocycles. The summed E-state index contributed by atoms with van der Waals surface area (Å²) >= 11 is 0. The fourth-order valence-electron chi connectivity index (χ4n) is 1.61. The highest BCUT2D eigenvalue weighted by molar-refractivity contribution is 8.14. The van der Waals surface area contributed by atoms with Gasteiger partial charge in [0.05, 0.1) is 16.8 Å². The van der Waals surface area contributed by atoms with Crippen molar-refractivity contribution in [3.63, 3.8) is 0 Å². The lowest BCUT2D eigenvalue weighted by atomic mass is 10.00. The molecule has 0 N–H and O–H groups in total. The van der Waals surface area contributed by atoms with Crippen LogP contribution in [0.25, 0.3) is 0 Å². The van der Waals surface area contributed by atoms with Crippen LogP contribution >= 0.6 is 10.7 Å². The normalized spacial score (nSPS) is 25.9. The first-order valence-electron chi connectivity index (χ1n) is 4.36. The maximum absolute atomic E-state index is 11.1. The van der Waals surface area contributed by atoms with Crippen LogP contribution in [0.2, 0.25) is 0 Å². The van der Waals surface area contributed by atoms with Gasteiger partial charge in [-0.25, -0.2) is 16.8 Å². The van der Waals surface area contributed by atoms with E-state index in [4.69, 9.17) is 10.7 Å². The standard InChI is InChI=1S/C7H13ClO4S2/c1-6(14(8,11)12)7-2-4-13(9,10)5-3-7/h6-7H,2-5H2,1H3. The molecule has 1 aliphatic rings. The number of halogens is 1. The zero-order chi connectivity index (χ0) is 11.0. The predicted octanol–water partition coefficient (Wildman–Crippen LogP) is 0.768. The summed E-state index contributed by atoms with van der Waals surface area (Å²) in [5, 5.41) is -0.653. The van der Waals surface area contributed by atoms with Gasteiger partial charge in [0.25, 0.3) is 0 Å². The second-order valence-electron chi connectivity index (χ2n) is 3.67. The van der Waals surface area contributed by atoms with Gasteiger partial charge in [0, 0.05) is 10.7 Å². The van der Waals surface area contributed by atoms with Gasteiger partial charge in [-0.1, -0.05) is 0 Å². The van der Waals surface area contributed by atoms with Gasteiger partial charge in [-0.05, 0) is 25.7 Å². The Morgan fingerprint density at radius 3 is 2.07 bits per heavy atom. The van der Waals surface area contributed by atoms with Crippen molar-refractivity contribution < 1.29 is 16.8 Å². The first-order chi connectivity index (χ1) is 6.22. The maximum atomic E-state index is 11.1. The van der Waals surface area contributed by atoms with Crippen LogP contribution in [0.1, 0.15) is 19.8 Å². The lowest BCUT2D eigenvalue weighted by Gasteiger charge is -2.25. The third-order valence-electron chi connectivity index (χ3n) is 2.71. The van der Waals surface area contributed by atoms with E-state index in [-0.39, 0.29) is 17.4 Å². The monoisotopic (exact) mass is 260 g/mol. The van der Waals surface area contributed by atoms with Crippen molar-refractivity contribution >= 4 is 29.6 Å². The molecule has 0 aliphatic carbocycles. The van der Waals surface area contributed by atoms with E-state index in [2.05, 4.69) is 0 Å². The molecule has 0 aromatic heterocycles. The lowest BCUT2D eigenvalue weighted by molar-refractivity contribution is 0.447. The summed E-state index contributed by atoms with van der Waals surface area (Å²) in [4.78, 5) is 0. The van der Waals surface area contributed by atoms with Crippen LogP contribution in [0.5, 0.6) is 0 Å². The van der Waals surface area contributed by atoms with Crippen molar-refractivity contribution in [3.05, 3.63) is 0 Å². The number of hydrogen-bond donors (Lipinski definition) is 0. The molecule has 0 saturated carbocycles. The summed E-state index contributed by atoms with van der Waals surface area (Å²) in [5.74, 6) is 0.0315. The molecule has 1 saturated heterocycles. The average molecular weight is 261 g/mol. The molecule has 1 rings (SSSR count). The fourth-order valence-corrected chi connectivity index (χ4v) is 4.30. The SMILES string of the molecule is CC(C1CCS(=O)(=O)CC1)S(=O)(=O)Cl. The minimum atomic E-state index is -3.56. The van der Waals surface area contributed by atoms with E-state index in [0.717, 1.165) is 0 Å². The van der Waals surface area contributed by atoms with Crippen LogP contribution in [0.3, 0.4) is 0 Å². The van der Waals surface area contributed by atoms with Crippen molar-refractivity contribution in [1.82, 2.24) is 0 Å². The van der Waals surface area contributed by atoms with Crippen molar-refractivity contribution in [2.45, 2.75) is 25.0 Å². The molecule has 0 spiro atoms. The summed E-state index contributed by atoms with van der Waals surface area (Å²) in [5.41, 5.74) is 0. The molecule has 1 aliphatic heterocycles. The summed E-state index contributed by atoms with van der Waals surface area (Å²) < 4.78 is 44.2. The van der Waals surface area contributed by atoms with Crippen molar-refractivity contribution in [3.8, 4) is 0 Å². The van der Waals surface area contributed by atoms with E-state index < -0.39 is 24.1 Å². The summed E-state index contributed by atoms with van der Waals surface area (Å²) in [7, 11) is -1.28. The molecule has 0 amide bonds. The lowest BCUT2D eigenvalue weighted by Crippen LogP contribution is -2.32. The van der Waals surface area contributed by atoms with Crippen molar-refractivity contribution in [1.29, 1.82) is 0 Å². The van der Waals surface area contributed by atoms with Gasteiger partial charge in [-0.15, -0.1) is 0 Å². The molecule has 0 aromatic rings. The molecule has 1 atom stereocenters. The Morgan fingerprint density at radius 1 is 1.29 bits per heavy atom. The van der Waals surface area contributed by atoms with Gasteiger partial charge in [-0.2, -0.15) is 0 Å². The second kappa shape index (κ2) is 3.98. The molecular formula is C7H13ClO4S2. The van der Waals surface area contributed by atoms with Gasteiger partial charge in [-0.3, -0.25) is 0 Å². The first-order valence-corrected chi connectivity index (χ1v) is 8.56. The minimum Gasteiger partial charge on any atom is -0.229 e. The van der Waals surface area contributed by atoms with Gasteiger partial charge in [0.15, 0.2) is 0 Å². The van der Waals surface area contributed by atoms with Crippen LogP contribution in [0.15, 0.2) is 0 Å². The van der Waals surface area contributed by atoms with Crippen LogP contribution in [0, 0.1) is 5.92 Å². The number of hydrogen-bond acceptors (Lipinski definition) is 4.